The van der Waals surface area contributed by atoms with Crippen LogP contribution in [0.5, 0.6) is 0 Å². The van der Waals surface area contributed by atoms with Crippen LogP contribution in [-0.4, -0.2) is 5.75 Å². The van der Waals surface area contributed by atoms with Crippen molar-refractivity contribution < 1.29 is 0 Å². The summed E-state index contributed by atoms with van der Waals surface area (Å²) in [5.74, 6) is 1.16. The molecule has 74 valence electrons. The molecule has 0 bridgehead atoms. The third-order valence-electron chi connectivity index (χ3n) is 1.93. The van der Waals surface area contributed by atoms with E-state index in [1.165, 1.54) is 22.5 Å². The molecule has 0 saturated heterocycles. The standard InChI is InChI=1S/C12H20S/c1-6-9-13-11(5)12(8-3)10(4)7-2/h7-8H,5-6,9H2,1-4H3/b10-7-,12-8+. The van der Waals surface area contributed by atoms with Gasteiger partial charge in [0, 0.05) is 4.91 Å². The van der Waals surface area contributed by atoms with Crippen LogP contribution in [0.4, 0.5) is 0 Å². The number of rotatable bonds is 5. The van der Waals surface area contributed by atoms with Crippen LogP contribution in [0.2, 0.25) is 0 Å². The Morgan fingerprint density at radius 1 is 1.31 bits per heavy atom. The van der Waals surface area contributed by atoms with E-state index >= 15 is 0 Å². The maximum Gasteiger partial charge on any atom is 0.00717 e. The maximum absolute atomic E-state index is 4.09. The summed E-state index contributed by atoms with van der Waals surface area (Å²) in [5.41, 5.74) is 2.61. The molecule has 0 rings (SSSR count). The van der Waals surface area contributed by atoms with Crippen LogP contribution < -0.4 is 0 Å². The molecule has 13 heavy (non-hydrogen) atoms. The molecule has 0 radical (unpaired) electrons. The first-order valence-corrected chi connectivity index (χ1v) is 5.77. The van der Waals surface area contributed by atoms with Gasteiger partial charge in [0.05, 0.1) is 0 Å². The van der Waals surface area contributed by atoms with Gasteiger partial charge in [-0.15, -0.1) is 11.8 Å². The highest BCUT2D eigenvalue weighted by Gasteiger charge is 2.02. The van der Waals surface area contributed by atoms with Crippen LogP contribution >= 0.6 is 11.8 Å². The van der Waals surface area contributed by atoms with Gasteiger partial charge in [-0.05, 0) is 44.1 Å². The molecule has 0 aliphatic carbocycles. The van der Waals surface area contributed by atoms with Gasteiger partial charge in [0.25, 0.3) is 0 Å². The van der Waals surface area contributed by atoms with E-state index in [0.29, 0.717) is 0 Å². The van der Waals surface area contributed by atoms with Crippen molar-refractivity contribution in [3.8, 4) is 0 Å². The molecule has 0 heterocycles. The molecule has 0 amide bonds. The molecule has 0 aromatic rings. The second-order valence-corrected chi connectivity index (χ2v) is 4.14. The van der Waals surface area contributed by atoms with Crippen molar-refractivity contribution in [1.82, 2.24) is 0 Å². The van der Waals surface area contributed by atoms with Crippen LogP contribution in [0.3, 0.4) is 0 Å². The zero-order valence-electron chi connectivity index (χ0n) is 9.18. The fourth-order valence-corrected chi connectivity index (χ4v) is 1.95. The van der Waals surface area contributed by atoms with Crippen LogP contribution in [-0.2, 0) is 0 Å². The highest BCUT2D eigenvalue weighted by atomic mass is 32.2. The smallest absolute Gasteiger partial charge is 0.00717 e. The van der Waals surface area contributed by atoms with E-state index in [2.05, 4.69) is 46.4 Å². The molecule has 0 aromatic heterocycles. The number of hydrogen-bond donors (Lipinski definition) is 0. The lowest BCUT2D eigenvalue weighted by Gasteiger charge is -2.09. The van der Waals surface area contributed by atoms with E-state index < -0.39 is 0 Å². The Bertz CT molecular complexity index is 221. The Kier molecular flexibility index (Phi) is 6.79. The summed E-state index contributed by atoms with van der Waals surface area (Å²) < 4.78 is 0. The summed E-state index contributed by atoms with van der Waals surface area (Å²) in [6.07, 6.45) is 5.48. The van der Waals surface area contributed by atoms with Crippen LogP contribution in [0.25, 0.3) is 0 Å². The van der Waals surface area contributed by atoms with Crippen molar-refractivity contribution in [3.05, 3.63) is 34.8 Å². The molecule has 0 unspecified atom stereocenters. The van der Waals surface area contributed by atoms with Crippen molar-refractivity contribution in [1.29, 1.82) is 0 Å². The summed E-state index contributed by atoms with van der Waals surface area (Å²) in [6.45, 7) is 12.5. The predicted molar refractivity (Wildman–Crippen MR) is 65.1 cm³/mol. The lowest BCUT2D eigenvalue weighted by molar-refractivity contribution is 1.11. The van der Waals surface area contributed by atoms with Gasteiger partial charge < -0.3 is 0 Å². The van der Waals surface area contributed by atoms with Crippen LogP contribution in [0.1, 0.15) is 34.1 Å². The molecule has 0 N–H and O–H groups in total. The molecule has 0 saturated carbocycles. The van der Waals surface area contributed by atoms with E-state index in [9.17, 15) is 0 Å². The Balaban J connectivity index is 4.35. The van der Waals surface area contributed by atoms with Gasteiger partial charge in [-0.2, -0.15) is 0 Å². The van der Waals surface area contributed by atoms with Gasteiger partial charge in [-0.3, -0.25) is 0 Å². The molecule has 0 aromatic carbocycles. The summed E-state index contributed by atoms with van der Waals surface area (Å²) in [7, 11) is 0. The van der Waals surface area contributed by atoms with E-state index in [1.807, 2.05) is 11.8 Å². The Morgan fingerprint density at radius 2 is 1.92 bits per heavy atom. The van der Waals surface area contributed by atoms with Gasteiger partial charge in [0.1, 0.15) is 0 Å². The van der Waals surface area contributed by atoms with Crippen molar-refractivity contribution in [2.45, 2.75) is 34.1 Å². The largest absolute Gasteiger partial charge is 0.126 e. The van der Waals surface area contributed by atoms with Gasteiger partial charge >= 0.3 is 0 Å². The molecular weight excluding hydrogens is 176 g/mol. The second kappa shape index (κ2) is 7.02. The minimum Gasteiger partial charge on any atom is -0.126 e. The molecule has 0 aliphatic heterocycles. The SMILES string of the molecule is C=C(SCCC)C(=C/C)/C(C)=C\C. The van der Waals surface area contributed by atoms with Gasteiger partial charge in [0.15, 0.2) is 0 Å². The lowest BCUT2D eigenvalue weighted by Crippen LogP contribution is -1.88. The zero-order valence-corrected chi connectivity index (χ0v) is 10.0. The van der Waals surface area contributed by atoms with Crippen molar-refractivity contribution in [2.24, 2.45) is 0 Å². The summed E-state index contributed by atoms with van der Waals surface area (Å²) >= 11 is 1.85. The van der Waals surface area contributed by atoms with Gasteiger partial charge in [0.2, 0.25) is 0 Å². The van der Waals surface area contributed by atoms with Crippen LogP contribution in [0, 0.1) is 0 Å². The molecule has 0 atom stereocenters. The Labute approximate surface area is 86.8 Å². The third kappa shape index (κ3) is 4.37. The van der Waals surface area contributed by atoms with Crippen molar-refractivity contribution >= 4 is 11.8 Å². The third-order valence-corrected chi connectivity index (χ3v) is 3.11. The molecule has 0 spiro atoms. The predicted octanol–water partition coefficient (Wildman–Crippen LogP) is 4.56. The highest BCUT2D eigenvalue weighted by Crippen LogP contribution is 2.27. The summed E-state index contributed by atoms with van der Waals surface area (Å²) in [5, 5.41) is 0. The molecule has 0 fully saturated rings. The normalized spacial score (nSPS) is 13.2. The first-order chi connectivity index (χ1) is 6.17. The van der Waals surface area contributed by atoms with E-state index in [0.717, 1.165) is 5.75 Å². The number of allylic oxidation sites excluding steroid dienone is 4. The first kappa shape index (κ1) is 12.6. The Hall–Kier alpha value is -0.430. The average Bonchev–Trinajstić information content (AvgIpc) is 2.15. The molecule has 0 nitrogen and oxygen atoms in total. The first-order valence-electron chi connectivity index (χ1n) is 4.79. The fourth-order valence-electron chi connectivity index (χ4n) is 1.07. The van der Waals surface area contributed by atoms with Crippen LogP contribution in [0.15, 0.2) is 34.8 Å². The minimum absolute atomic E-state index is 1.16. The topological polar surface area (TPSA) is 0 Å². The fraction of sp³-hybridized carbons (Fsp3) is 0.500. The summed E-state index contributed by atoms with van der Waals surface area (Å²) in [6, 6.07) is 0. The van der Waals surface area contributed by atoms with Crippen molar-refractivity contribution in [2.75, 3.05) is 5.75 Å². The summed E-state index contributed by atoms with van der Waals surface area (Å²) in [4.78, 5) is 1.19. The quantitative estimate of drug-likeness (QED) is 0.581. The Morgan fingerprint density at radius 3 is 2.31 bits per heavy atom. The van der Waals surface area contributed by atoms with E-state index in [4.69, 9.17) is 0 Å². The maximum atomic E-state index is 4.09. The monoisotopic (exact) mass is 196 g/mol. The van der Waals surface area contributed by atoms with Gasteiger partial charge in [-0.25, -0.2) is 0 Å². The number of thioether (sulfide) groups is 1. The molecule has 1 heteroatoms. The zero-order chi connectivity index (χ0) is 10.3. The number of hydrogen-bond acceptors (Lipinski definition) is 1. The minimum atomic E-state index is 1.16. The second-order valence-electron chi connectivity index (χ2n) is 2.95. The van der Waals surface area contributed by atoms with Crippen molar-refractivity contribution in [3.63, 3.8) is 0 Å². The van der Waals surface area contributed by atoms with E-state index in [1.54, 1.807) is 0 Å². The molecular formula is C12H20S. The lowest BCUT2D eigenvalue weighted by atomic mass is 10.1. The van der Waals surface area contributed by atoms with E-state index in [-0.39, 0.29) is 0 Å². The van der Waals surface area contributed by atoms with Gasteiger partial charge in [-0.1, -0.05) is 25.7 Å². The average molecular weight is 196 g/mol. The molecule has 0 aliphatic rings. The highest BCUT2D eigenvalue weighted by molar-refractivity contribution is 8.03.